The summed E-state index contributed by atoms with van der Waals surface area (Å²) >= 11 is 5.51. The van der Waals surface area contributed by atoms with E-state index in [9.17, 15) is 0 Å². The first-order valence-electron chi connectivity index (χ1n) is 10.0. The Hall–Kier alpha value is -2.81. The van der Waals surface area contributed by atoms with Crippen molar-refractivity contribution in [1.82, 2.24) is 15.3 Å². The summed E-state index contributed by atoms with van der Waals surface area (Å²) in [4.78, 5) is 10.9. The summed E-state index contributed by atoms with van der Waals surface area (Å²) in [6.45, 7) is 0. The Bertz CT molecular complexity index is 855. The summed E-state index contributed by atoms with van der Waals surface area (Å²) in [5.41, 5.74) is 0.809. The molecule has 9 heteroatoms. The third-order valence-electron chi connectivity index (χ3n) is 5.15. The molecule has 2 aromatic rings. The van der Waals surface area contributed by atoms with Gasteiger partial charge in [-0.1, -0.05) is 0 Å². The van der Waals surface area contributed by atoms with Gasteiger partial charge >= 0.3 is 0 Å². The summed E-state index contributed by atoms with van der Waals surface area (Å²) in [5.74, 6) is 3.00. The van der Waals surface area contributed by atoms with Gasteiger partial charge in [-0.3, -0.25) is 0 Å². The van der Waals surface area contributed by atoms with E-state index in [1.54, 1.807) is 20.4 Å². The molecule has 0 amide bonds. The van der Waals surface area contributed by atoms with Gasteiger partial charge in [0.1, 0.15) is 17.3 Å². The molecule has 8 nitrogen and oxygen atoms in total. The van der Waals surface area contributed by atoms with Crippen molar-refractivity contribution in [3.63, 3.8) is 0 Å². The highest BCUT2D eigenvalue weighted by Gasteiger charge is 2.22. The first-order valence-corrected chi connectivity index (χ1v) is 10.5. The zero-order valence-electron chi connectivity index (χ0n) is 17.9. The Morgan fingerprint density at radius 2 is 1.80 bits per heavy atom. The minimum atomic E-state index is 0.335. The van der Waals surface area contributed by atoms with Crippen molar-refractivity contribution in [3.8, 4) is 11.5 Å². The number of aromatic nitrogens is 2. The molecule has 0 saturated heterocycles. The number of thiocarbonyl (C=S) groups is 1. The second kappa shape index (κ2) is 10.3. The predicted molar refractivity (Wildman–Crippen MR) is 125 cm³/mol. The molecule has 0 aliphatic heterocycles. The summed E-state index contributed by atoms with van der Waals surface area (Å²) in [6.07, 6.45) is 5.89. The zero-order chi connectivity index (χ0) is 21.5. The Morgan fingerprint density at radius 3 is 2.47 bits per heavy atom. The van der Waals surface area contributed by atoms with Crippen molar-refractivity contribution in [2.24, 2.45) is 0 Å². The molecule has 1 saturated carbocycles. The Morgan fingerprint density at radius 1 is 1.07 bits per heavy atom. The van der Waals surface area contributed by atoms with Crippen LogP contribution in [0.4, 0.5) is 17.5 Å². The van der Waals surface area contributed by atoms with Crippen LogP contribution in [0.2, 0.25) is 0 Å². The highest BCUT2D eigenvalue weighted by molar-refractivity contribution is 7.80. The lowest BCUT2D eigenvalue weighted by molar-refractivity contribution is 0.387. The molecule has 1 heterocycles. The van der Waals surface area contributed by atoms with Crippen LogP contribution < -0.4 is 30.3 Å². The molecule has 162 valence electrons. The minimum absolute atomic E-state index is 0.335. The fourth-order valence-electron chi connectivity index (χ4n) is 3.48. The van der Waals surface area contributed by atoms with Gasteiger partial charge in [0, 0.05) is 38.4 Å². The molecule has 1 aromatic carbocycles. The number of nitrogens with zero attached hydrogens (tertiary/aromatic N) is 3. The van der Waals surface area contributed by atoms with Crippen LogP contribution in [0.5, 0.6) is 11.5 Å². The van der Waals surface area contributed by atoms with E-state index in [-0.39, 0.29) is 0 Å². The fraction of sp³-hybridized carbons (Fsp3) is 0.476. The van der Waals surface area contributed by atoms with Gasteiger partial charge in [-0.25, -0.2) is 4.98 Å². The molecule has 1 fully saturated rings. The average Bonchev–Trinajstić information content (AvgIpc) is 2.75. The van der Waals surface area contributed by atoms with Crippen molar-refractivity contribution in [3.05, 3.63) is 30.5 Å². The van der Waals surface area contributed by atoms with Gasteiger partial charge in [-0.05, 0) is 56.1 Å². The second-order valence-electron chi connectivity index (χ2n) is 7.49. The molecular formula is C21H30N6O2S. The largest absolute Gasteiger partial charge is 0.497 e. The maximum absolute atomic E-state index is 5.51. The molecule has 3 rings (SSSR count). The first kappa shape index (κ1) is 21.9. The quantitative estimate of drug-likeness (QED) is 0.573. The Balaban J connectivity index is 1.47. The molecule has 0 atom stereocenters. The van der Waals surface area contributed by atoms with Gasteiger partial charge in [-0.15, -0.1) is 0 Å². The van der Waals surface area contributed by atoms with E-state index in [4.69, 9.17) is 21.7 Å². The van der Waals surface area contributed by atoms with Crippen LogP contribution in [0, 0.1) is 0 Å². The smallest absolute Gasteiger partial charge is 0.224 e. The molecule has 1 aliphatic rings. The lowest BCUT2D eigenvalue weighted by atomic mass is 9.91. The number of ether oxygens (including phenoxy) is 2. The number of anilines is 3. The SMILES string of the molecule is COc1ccc(NC(=S)N[C@H]2CC[C@@H](Nc3nccc(N(C)C)n3)CC2)c(OC)c1. The Labute approximate surface area is 183 Å². The van der Waals surface area contributed by atoms with Crippen LogP contribution in [0.3, 0.4) is 0 Å². The summed E-state index contributed by atoms with van der Waals surface area (Å²) < 4.78 is 10.7. The van der Waals surface area contributed by atoms with E-state index in [0.717, 1.165) is 42.9 Å². The van der Waals surface area contributed by atoms with Crippen molar-refractivity contribution in [2.45, 2.75) is 37.8 Å². The van der Waals surface area contributed by atoms with Gasteiger partial charge in [0.25, 0.3) is 0 Å². The normalized spacial score (nSPS) is 18.3. The summed E-state index contributed by atoms with van der Waals surface area (Å²) in [6, 6.07) is 8.20. The van der Waals surface area contributed by atoms with Crippen LogP contribution >= 0.6 is 12.2 Å². The molecule has 1 aromatic heterocycles. The number of hydrogen-bond acceptors (Lipinski definition) is 7. The van der Waals surface area contributed by atoms with E-state index < -0.39 is 0 Å². The highest BCUT2D eigenvalue weighted by atomic mass is 32.1. The maximum atomic E-state index is 5.51. The predicted octanol–water partition coefficient (Wildman–Crippen LogP) is 3.27. The lowest BCUT2D eigenvalue weighted by Crippen LogP contribution is -2.42. The van der Waals surface area contributed by atoms with E-state index in [1.165, 1.54) is 0 Å². The number of nitrogens with one attached hydrogen (secondary N) is 3. The van der Waals surface area contributed by atoms with Crippen molar-refractivity contribution < 1.29 is 9.47 Å². The van der Waals surface area contributed by atoms with Crippen LogP contribution in [0.15, 0.2) is 30.5 Å². The van der Waals surface area contributed by atoms with Crippen LogP contribution in [-0.4, -0.2) is 55.5 Å². The summed E-state index contributed by atoms with van der Waals surface area (Å²) in [7, 11) is 7.20. The molecule has 0 unspecified atom stereocenters. The van der Waals surface area contributed by atoms with E-state index in [2.05, 4.69) is 25.9 Å². The summed E-state index contributed by atoms with van der Waals surface area (Å²) in [5, 5.41) is 10.7. The monoisotopic (exact) mass is 430 g/mol. The molecule has 0 spiro atoms. The van der Waals surface area contributed by atoms with Crippen LogP contribution in [-0.2, 0) is 0 Å². The molecule has 1 aliphatic carbocycles. The first-order chi connectivity index (χ1) is 14.5. The lowest BCUT2D eigenvalue weighted by Gasteiger charge is -2.30. The highest BCUT2D eigenvalue weighted by Crippen LogP contribution is 2.29. The topological polar surface area (TPSA) is 83.6 Å². The third-order valence-corrected chi connectivity index (χ3v) is 5.37. The van der Waals surface area contributed by atoms with Gasteiger partial charge in [0.15, 0.2) is 5.11 Å². The molecule has 0 bridgehead atoms. The van der Waals surface area contributed by atoms with Gasteiger partial charge in [0.05, 0.1) is 19.9 Å². The molecular weight excluding hydrogens is 400 g/mol. The number of hydrogen-bond donors (Lipinski definition) is 3. The van der Waals surface area contributed by atoms with E-state index in [0.29, 0.717) is 28.9 Å². The standard InChI is InChI=1S/C21H30N6O2S/c1-27(2)19-11-12-22-20(26-19)23-14-5-7-15(8-6-14)24-21(30)25-17-10-9-16(28-3)13-18(17)29-4/h9-15H,5-8H2,1-4H3,(H,22,23,26)(H2,24,25,30)/t14-,15+. The van der Waals surface area contributed by atoms with Crippen molar-refractivity contribution >= 4 is 34.8 Å². The maximum Gasteiger partial charge on any atom is 0.224 e. The van der Waals surface area contributed by atoms with E-state index in [1.807, 2.05) is 43.3 Å². The molecule has 3 N–H and O–H groups in total. The molecule has 30 heavy (non-hydrogen) atoms. The number of benzene rings is 1. The van der Waals surface area contributed by atoms with Gasteiger partial charge < -0.3 is 30.3 Å². The zero-order valence-corrected chi connectivity index (χ0v) is 18.8. The van der Waals surface area contributed by atoms with E-state index >= 15 is 0 Å². The minimum Gasteiger partial charge on any atom is -0.497 e. The van der Waals surface area contributed by atoms with Crippen LogP contribution in [0.25, 0.3) is 0 Å². The number of rotatable bonds is 7. The Kier molecular flexibility index (Phi) is 7.51. The van der Waals surface area contributed by atoms with Crippen LogP contribution in [0.1, 0.15) is 25.7 Å². The third kappa shape index (κ3) is 5.85. The number of methoxy groups -OCH3 is 2. The van der Waals surface area contributed by atoms with Crippen molar-refractivity contribution in [1.29, 1.82) is 0 Å². The fourth-order valence-corrected chi connectivity index (χ4v) is 3.75. The van der Waals surface area contributed by atoms with Gasteiger partial charge in [0.2, 0.25) is 5.95 Å². The van der Waals surface area contributed by atoms with Crippen molar-refractivity contribution in [2.75, 3.05) is 43.8 Å². The second-order valence-corrected chi connectivity index (χ2v) is 7.90. The molecule has 0 radical (unpaired) electrons. The van der Waals surface area contributed by atoms with Gasteiger partial charge in [-0.2, -0.15) is 4.98 Å². The average molecular weight is 431 g/mol.